The molecule has 0 spiro atoms. The predicted octanol–water partition coefficient (Wildman–Crippen LogP) is 3.40. The minimum atomic E-state index is 0.00764. The summed E-state index contributed by atoms with van der Waals surface area (Å²) in [6.45, 7) is 2.05. The van der Waals surface area contributed by atoms with Crippen LogP contribution < -0.4 is 5.32 Å². The van der Waals surface area contributed by atoms with Crippen LogP contribution in [0.4, 0.5) is 0 Å². The molecule has 0 bridgehead atoms. The van der Waals surface area contributed by atoms with Crippen LogP contribution in [-0.4, -0.2) is 15.9 Å². The molecule has 2 aliphatic rings. The van der Waals surface area contributed by atoms with E-state index >= 15 is 0 Å². The third-order valence-corrected chi connectivity index (χ3v) is 6.17. The van der Waals surface area contributed by atoms with Crippen LogP contribution >= 0.6 is 11.3 Å². The number of hydrogen-bond donors (Lipinski definition) is 1. The van der Waals surface area contributed by atoms with Crippen molar-refractivity contribution in [2.45, 2.75) is 51.0 Å². The van der Waals surface area contributed by atoms with Gasteiger partial charge in [0.05, 0.1) is 11.7 Å². The zero-order valence-corrected chi connectivity index (χ0v) is 14.1. The lowest BCUT2D eigenvalue weighted by atomic mass is 10.0. The summed E-state index contributed by atoms with van der Waals surface area (Å²) in [5.74, 6) is 0.580. The standard InChI is InChI=1S/C18H21N3OS/c1-11(18-21-15-6-2-3-7-16(15)23-18)20-17(22)14-9-13(14)12-5-4-8-19-10-12/h4-5,8,10-11,13-14H,2-3,6-7,9H2,1H3,(H,20,22)/t11-,13+,14+/m0/s1. The predicted molar refractivity (Wildman–Crippen MR) is 90.4 cm³/mol. The summed E-state index contributed by atoms with van der Waals surface area (Å²) >= 11 is 1.78. The molecule has 1 saturated carbocycles. The molecule has 0 radical (unpaired) electrons. The fourth-order valence-electron chi connectivity index (χ4n) is 3.39. The highest BCUT2D eigenvalue weighted by Crippen LogP contribution is 2.47. The second kappa shape index (κ2) is 6.04. The van der Waals surface area contributed by atoms with Crippen molar-refractivity contribution in [3.63, 3.8) is 0 Å². The van der Waals surface area contributed by atoms with E-state index in [9.17, 15) is 4.79 Å². The number of hydrogen-bond acceptors (Lipinski definition) is 4. The van der Waals surface area contributed by atoms with E-state index in [0.717, 1.165) is 24.3 Å². The van der Waals surface area contributed by atoms with Gasteiger partial charge in [-0.1, -0.05) is 6.07 Å². The number of pyridine rings is 1. The van der Waals surface area contributed by atoms with Crippen molar-refractivity contribution in [1.29, 1.82) is 0 Å². The maximum atomic E-state index is 12.5. The van der Waals surface area contributed by atoms with Gasteiger partial charge >= 0.3 is 0 Å². The van der Waals surface area contributed by atoms with Gasteiger partial charge in [0.1, 0.15) is 5.01 Å². The third kappa shape index (κ3) is 3.02. The number of carbonyl (C=O) groups excluding carboxylic acids is 1. The largest absolute Gasteiger partial charge is 0.347 e. The molecule has 2 heterocycles. The molecule has 120 valence electrons. The topological polar surface area (TPSA) is 54.9 Å². The smallest absolute Gasteiger partial charge is 0.224 e. The lowest BCUT2D eigenvalue weighted by Gasteiger charge is -2.11. The minimum absolute atomic E-state index is 0.00764. The van der Waals surface area contributed by atoms with Crippen LogP contribution in [0, 0.1) is 5.92 Å². The molecule has 0 aromatic carbocycles. The lowest BCUT2D eigenvalue weighted by Crippen LogP contribution is -2.28. The first-order valence-corrected chi connectivity index (χ1v) is 9.23. The molecule has 3 atom stereocenters. The Kier molecular flexibility index (Phi) is 3.89. The highest BCUT2D eigenvalue weighted by molar-refractivity contribution is 7.11. The van der Waals surface area contributed by atoms with Crippen LogP contribution in [0.15, 0.2) is 24.5 Å². The number of amides is 1. The highest BCUT2D eigenvalue weighted by atomic mass is 32.1. The normalized spacial score (nSPS) is 23.9. The fraction of sp³-hybridized carbons (Fsp3) is 0.500. The van der Waals surface area contributed by atoms with Gasteiger partial charge in [0.25, 0.3) is 0 Å². The average molecular weight is 327 g/mol. The molecule has 0 unspecified atom stereocenters. The molecule has 1 fully saturated rings. The fourth-order valence-corrected chi connectivity index (χ4v) is 4.54. The number of aryl methyl sites for hydroxylation is 2. The number of carbonyl (C=O) groups is 1. The van der Waals surface area contributed by atoms with E-state index in [0.29, 0.717) is 5.92 Å². The molecule has 4 rings (SSSR count). The van der Waals surface area contributed by atoms with Crippen LogP contribution in [0.2, 0.25) is 0 Å². The quantitative estimate of drug-likeness (QED) is 0.936. The van der Waals surface area contributed by atoms with Gasteiger partial charge in [0, 0.05) is 23.2 Å². The highest BCUT2D eigenvalue weighted by Gasteiger charge is 2.44. The first-order chi connectivity index (χ1) is 11.2. The Morgan fingerprint density at radius 1 is 1.39 bits per heavy atom. The van der Waals surface area contributed by atoms with Crippen molar-refractivity contribution in [3.05, 3.63) is 45.7 Å². The summed E-state index contributed by atoms with van der Waals surface area (Å²) in [6, 6.07) is 4.00. The number of nitrogens with zero attached hydrogens (tertiary/aromatic N) is 2. The van der Waals surface area contributed by atoms with Gasteiger partial charge in [-0.05, 0) is 56.6 Å². The van der Waals surface area contributed by atoms with Gasteiger partial charge in [0.15, 0.2) is 0 Å². The van der Waals surface area contributed by atoms with Crippen LogP contribution in [0.3, 0.4) is 0 Å². The van der Waals surface area contributed by atoms with Gasteiger partial charge in [-0.2, -0.15) is 0 Å². The molecule has 4 nitrogen and oxygen atoms in total. The first-order valence-electron chi connectivity index (χ1n) is 8.41. The van der Waals surface area contributed by atoms with Gasteiger partial charge in [0.2, 0.25) is 5.91 Å². The second-order valence-electron chi connectivity index (χ2n) is 6.59. The number of nitrogens with one attached hydrogen (secondary N) is 1. The Balaban J connectivity index is 1.38. The molecule has 2 aliphatic carbocycles. The number of aromatic nitrogens is 2. The molecule has 0 aliphatic heterocycles. The summed E-state index contributed by atoms with van der Waals surface area (Å²) in [6.07, 6.45) is 9.33. The molecular formula is C18H21N3OS. The zero-order chi connectivity index (χ0) is 15.8. The summed E-state index contributed by atoms with van der Waals surface area (Å²) in [5.41, 5.74) is 2.43. The Bertz CT molecular complexity index is 689. The van der Waals surface area contributed by atoms with Gasteiger partial charge in [-0.3, -0.25) is 9.78 Å². The minimum Gasteiger partial charge on any atom is -0.347 e. The van der Waals surface area contributed by atoms with E-state index < -0.39 is 0 Å². The molecule has 1 amide bonds. The maximum absolute atomic E-state index is 12.5. The van der Waals surface area contributed by atoms with Crippen LogP contribution in [-0.2, 0) is 17.6 Å². The Labute approximate surface area is 140 Å². The summed E-state index contributed by atoms with van der Waals surface area (Å²) in [7, 11) is 0. The van der Waals surface area contributed by atoms with E-state index in [1.54, 1.807) is 17.5 Å². The van der Waals surface area contributed by atoms with Crippen molar-refractivity contribution in [3.8, 4) is 0 Å². The summed E-state index contributed by atoms with van der Waals surface area (Å²) in [4.78, 5) is 22.8. The Hall–Kier alpha value is -1.75. The van der Waals surface area contributed by atoms with Crippen LogP contribution in [0.1, 0.15) is 59.3 Å². The number of thiazole rings is 1. The number of fused-ring (bicyclic) bond motifs is 1. The van der Waals surface area contributed by atoms with Crippen molar-refractivity contribution < 1.29 is 4.79 Å². The third-order valence-electron chi connectivity index (χ3n) is 4.83. The van der Waals surface area contributed by atoms with E-state index in [4.69, 9.17) is 4.98 Å². The lowest BCUT2D eigenvalue weighted by molar-refractivity contribution is -0.123. The van der Waals surface area contributed by atoms with E-state index in [2.05, 4.69) is 16.4 Å². The number of rotatable bonds is 4. The van der Waals surface area contributed by atoms with Gasteiger partial charge < -0.3 is 5.32 Å². The van der Waals surface area contributed by atoms with Crippen molar-refractivity contribution >= 4 is 17.2 Å². The molecule has 5 heteroatoms. The Morgan fingerprint density at radius 2 is 2.26 bits per heavy atom. The molecule has 0 saturated heterocycles. The van der Waals surface area contributed by atoms with Crippen molar-refractivity contribution in [2.24, 2.45) is 5.92 Å². The Morgan fingerprint density at radius 3 is 3.04 bits per heavy atom. The molecule has 1 N–H and O–H groups in total. The van der Waals surface area contributed by atoms with Crippen LogP contribution in [0.5, 0.6) is 0 Å². The summed E-state index contributed by atoms with van der Waals surface area (Å²) < 4.78 is 0. The summed E-state index contributed by atoms with van der Waals surface area (Å²) in [5, 5.41) is 4.21. The van der Waals surface area contributed by atoms with Gasteiger partial charge in [-0.25, -0.2) is 4.98 Å². The molecule has 2 aromatic heterocycles. The molecular weight excluding hydrogens is 306 g/mol. The van der Waals surface area contributed by atoms with E-state index in [1.165, 1.54) is 29.0 Å². The van der Waals surface area contributed by atoms with Crippen LogP contribution in [0.25, 0.3) is 0 Å². The SMILES string of the molecule is C[C@H](NC(=O)[C@@H]1C[C@@H]1c1cccnc1)c1nc2c(s1)CCCC2. The molecule has 2 aromatic rings. The van der Waals surface area contributed by atoms with E-state index in [1.807, 2.05) is 19.2 Å². The van der Waals surface area contributed by atoms with Crippen molar-refractivity contribution in [2.75, 3.05) is 0 Å². The van der Waals surface area contributed by atoms with E-state index in [-0.39, 0.29) is 17.9 Å². The monoisotopic (exact) mass is 327 g/mol. The van der Waals surface area contributed by atoms with Crippen molar-refractivity contribution in [1.82, 2.24) is 15.3 Å². The van der Waals surface area contributed by atoms with Gasteiger partial charge in [-0.15, -0.1) is 11.3 Å². The maximum Gasteiger partial charge on any atom is 0.224 e. The average Bonchev–Trinajstić information content (AvgIpc) is 3.27. The first kappa shape index (κ1) is 14.8. The second-order valence-corrected chi connectivity index (χ2v) is 7.71. The molecule has 23 heavy (non-hydrogen) atoms. The zero-order valence-electron chi connectivity index (χ0n) is 13.3.